The molecular formula is C10H13BrO4S. The summed E-state index contributed by atoms with van der Waals surface area (Å²) in [5.41, 5.74) is 0.911. The smallest absolute Gasteiger partial charge is 0.264 e. The number of ether oxygens (including phenoxy) is 1. The molecule has 0 aliphatic heterocycles. The number of methoxy groups -OCH3 is 1. The van der Waals surface area contributed by atoms with Gasteiger partial charge < -0.3 is 4.74 Å². The van der Waals surface area contributed by atoms with E-state index in [0.717, 1.165) is 16.3 Å². The monoisotopic (exact) mass is 308 g/mol. The predicted molar refractivity (Wildman–Crippen MR) is 65.2 cm³/mol. The first kappa shape index (κ1) is 13.5. The number of rotatable bonds is 5. The zero-order valence-corrected chi connectivity index (χ0v) is 11.5. The van der Waals surface area contributed by atoms with E-state index in [-0.39, 0.29) is 6.61 Å². The van der Waals surface area contributed by atoms with Crippen LogP contribution in [0.1, 0.15) is 5.56 Å². The van der Waals surface area contributed by atoms with Gasteiger partial charge >= 0.3 is 0 Å². The van der Waals surface area contributed by atoms with Crippen LogP contribution in [0.3, 0.4) is 0 Å². The summed E-state index contributed by atoms with van der Waals surface area (Å²) in [7, 11) is -1.80. The minimum absolute atomic E-state index is 0.122. The van der Waals surface area contributed by atoms with Crippen molar-refractivity contribution in [2.45, 2.75) is 6.42 Å². The molecular weight excluding hydrogens is 296 g/mol. The van der Waals surface area contributed by atoms with Gasteiger partial charge in [-0.1, -0.05) is 22.0 Å². The Morgan fingerprint density at radius 3 is 2.62 bits per heavy atom. The van der Waals surface area contributed by atoms with E-state index >= 15 is 0 Å². The van der Waals surface area contributed by atoms with Crippen LogP contribution in [0.4, 0.5) is 0 Å². The summed E-state index contributed by atoms with van der Waals surface area (Å²) >= 11 is 3.33. The summed E-state index contributed by atoms with van der Waals surface area (Å²) in [4.78, 5) is 0. The van der Waals surface area contributed by atoms with Gasteiger partial charge in [0.1, 0.15) is 5.75 Å². The Morgan fingerprint density at radius 2 is 2.06 bits per heavy atom. The fraction of sp³-hybridized carbons (Fsp3) is 0.400. The van der Waals surface area contributed by atoms with Gasteiger partial charge in [0.25, 0.3) is 10.1 Å². The molecule has 0 amide bonds. The lowest BCUT2D eigenvalue weighted by atomic mass is 10.1. The molecule has 0 bridgehead atoms. The maximum Gasteiger partial charge on any atom is 0.264 e. The standard InChI is InChI=1S/C10H13BrO4S/c1-14-10-7-9(11)4-3-8(10)5-6-15-16(2,12)13/h3-4,7H,5-6H2,1-2H3. The average molecular weight is 309 g/mol. The van der Waals surface area contributed by atoms with Crippen molar-refractivity contribution in [3.05, 3.63) is 28.2 Å². The third-order valence-electron chi connectivity index (χ3n) is 1.92. The van der Waals surface area contributed by atoms with Crippen LogP contribution >= 0.6 is 15.9 Å². The molecule has 0 N–H and O–H groups in total. The largest absolute Gasteiger partial charge is 0.496 e. The summed E-state index contributed by atoms with van der Waals surface area (Å²) in [5.74, 6) is 0.714. The van der Waals surface area contributed by atoms with Gasteiger partial charge in [-0.15, -0.1) is 0 Å². The van der Waals surface area contributed by atoms with E-state index in [4.69, 9.17) is 4.74 Å². The Balaban J connectivity index is 2.67. The minimum atomic E-state index is -3.37. The summed E-state index contributed by atoms with van der Waals surface area (Å²) in [6.45, 7) is 0.122. The van der Waals surface area contributed by atoms with Gasteiger partial charge in [0, 0.05) is 10.9 Å². The molecule has 0 heterocycles. The highest BCUT2D eigenvalue weighted by atomic mass is 79.9. The molecule has 1 aromatic rings. The van der Waals surface area contributed by atoms with Crippen molar-refractivity contribution in [3.63, 3.8) is 0 Å². The van der Waals surface area contributed by atoms with Gasteiger partial charge in [-0.3, -0.25) is 4.18 Å². The molecule has 6 heteroatoms. The third kappa shape index (κ3) is 4.51. The van der Waals surface area contributed by atoms with Gasteiger partial charge in [0.2, 0.25) is 0 Å². The molecule has 0 atom stereocenters. The Hall–Kier alpha value is -0.590. The molecule has 0 aliphatic rings. The molecule has 90 valence electrons. The Morgan fingerprint density at radius 1 is 1.38 bits per heavy atom. The second-order valence-corrected chi connectivity index (χ2v) is 5.79. The van der Waals surface area contributed by atoms with Crippen molar-refractivity contribution in [2.24, 2.45) is 0 Å². The Labute approximate surface area is 104 Å². The topological polar surface area (TPSA) is 52.6 Å². The zero-order chi connectivity index (χ0) is 12.2. The lowest BCUT2D eigenvalue weighted by Crippen LogP contribution is -2.06. The van der Waals surface area contributed by atoms with E-state index in [9.17, 15) is 8.42 Å². The highest BCUT2D eigenvalue weighted by Gasteiger charge is 2.06. The third-order valence-corrected chi connectivity index (χ3v) is 3.01. The van der Waals surface area contributed by atoms with Crippen LogP contribution in [-0.2, 0) is 20.7 Å². The molecule has 0 spiro atoms. The number of hydrogen-bond acceptors (Lipinski definition) is 4. The molecule has 0 aromatic heterocycles. The van der Waals surface area contributed by atoms with E-state index in [1.807, 2.05) is 18.2 Å². The molecule has 0 saturated carbocycles. The van der Waals surface area contributed by atoms with Crippen LogP contribution in [0.15, 0.2) is 22.7 Å². The fourth-order valence-electron chi connectivity index (χ4n) is 1.23. The number of hydrogen-bond donors (Lipinski definition) is 0. The van der Waals surface area contributed by atoms with Crippen LogP contribution in [0.2, 0.25) is 0 Å². The molecule has 1 rings (SSSR count). The average Bonchev–Trinajstić information content (AvgIpc) is 2.18. The Kier molecular flexibility index (Phi) is 4.76. The van der Waals surface area contributed by atoms with Gasteiger partial charge in [0.15, 0.2) is 0 Å². The molecule has 0 radical (unpaired) electrons. The van der Waals surface area contributed by atoms with E-state index in [1.165, 1.54) is 0 Å². The van der Waals surface area contributed by atoms with Gasteiger partial charge in [-0.2, -0.15) is 8.42 Å². The van der Waals surface area contributed by atoms with Crippen LogP contribution in [-0.4, -0.2) is 28.4 Å². The van der Waals surface area contributed by atoms with Crippen molar-refractivity contribution in [2.75, 3.05) is 20.0 Å². The molecule has 0 aliphatic carbocycles. The molecule has 4 nitrogen and oxygen atoms in total. The van der Waals surface area contributed by atoms with Gasteiger partial charge in [-0.25, -0.2) is 0 Å². The van der Waals surface area contributed by atoms with Crippen molar-refractivity contribution in [1.82, 2.24) is 0 Å². The Bertz CT molecular complexity index is 456. The second kappa shape index (κ2) is 5.65. The van der Waals surface area contributed by atoms with Gasteiger partial charge in [0.05, 0.1) is 20.0 Å². The van der Waals surface area contributed by atoms with Gasteiger partial charge in [-0.05, 0) is 17.7 Å². The van der Waals surface area contributed by atoms with Crippen molar-refractivity contribution < 1.29 is 17.3 Å². The first-order valence-electron chi connectivity index (χ1n) is 4.59. The van der Waals surface area contributed by atoms with Crippen LogP contribution in [0.5, 0.6) is 5.75 Å². The minimum Gasteiger partial charge on any atom is -0.496 e. The van der Waals surface area contributed by atoms with E-state index in [0.29, 0.717) is 12.2 Å². The predicted octanol–water partition coefficient (Wildman–Crippen LogP) is 1.98. The molecule has 0 fully saturated rings. The van der Waals surface area contributed by atoms with Crippen LogP contribution in [0.25, 0.3) is 0 Å². The number of halogens is 1. The first-order valence-corrected chi connectivity index (χ1v) is 7.20. The molecule has 16 heavy (non-hydrogen) atoms. The van der Waals surface area contributed by atoms with E-state index < -0.39 is 10.1 Å². The maximum absolute atomic E-state index is 10.8. The van der Waals surface area contributed by atoms with Crippen molar-refractivity contribution >= 4 is 26.0 Å². The molecule has 0 saturated heterocycles. The SMILES string of the molecule is COc1cc(Br)ccc1CCOS(C)(=O)=O. The number of benzene rings is 1. The fourth-order valence-corrected chi connectivity index (χ4v) is 1.95. The summed E-state index contributed by atoms with van der Waals surface area (Å²) in [6, 6.07) is 5.57. The summed E-state index contributed by atoms with van der Waals surface area (Å²) < 4.78 is 32.3. The zero-order valence-electron chi connectivity index (χ0n) is 9.07. The normalized spacial score (nSPS) is 11.4. The summed E-state index contributed by atoms with van der Waals surface area (Å²) in [5, 5.41) is 0. The maximum atomic E-state index is 10.8. The quantitative estimate of drug-likeness (QED) is 0.781. The first-order chi connectivity index (χ1) is 7.42. The van der Waals surface area contributed by atoms with Crippen molar-refractivity contribution in [1.29, 1.82) is 0 Å². The lowest BCUT2D eigenvalue weighted by Gasteiger charge is -2.08. The van der Waals surface area contributed by atoms with E-state index in [1.54, 1.807) is 7.11 Å². The molecule has 1 aromatic carbocycles. The second-order valence-electron chi connectivity index (χ2n) is 3.23. The summed E-state index contributed by atoms with van der Waals surface area (Å²) in [6.07, 6.45) is 1.52. The van der Waals surface area contributed by atoms with E-state index in [2.05, 4.69) is 20.1 Å². The highest BCUT2D eigenvalue weighted by molar-refractivity contribution is 9.10. The van der Waals surface area contributed by atoms with Crippen LogP contribution in [0, 0.1) is 0 Å². The van der Waals surface area contributed by atoms with Crippen LogP contribution < -0.4 is 4.74 Å². The molecule has 0 unspecified atom stereocenters. The van der Waals surface area contributed by atoms with Crippen molar-refractivity contribution in [3.8, 4) is 5.75 Å². The highest BCUT2D eigenvalue weighted by Crippen LogP contribution is 2.23. The lowest BCUT2D eigenvalue weighted by molar-refractivity contribution is 0.322.